The zero-order chi connectivity index (χ0) is 34.3. The van der Waals surface area contributed by atoms with Crippen LogP contribution >= 0.6 is 0 Å². The van der Waals surface area contributed by atoms with Gasteiger partial charge in [0.2, 0.25) is 5.78 Å². The van der Waals surface area contributed by atoms with Gasteiger partial charge in [-0.3, -0.25) is 4.79 Å². The number of aliphatic hydroxyl groups is 17. The maximum atomic E-state index is 14.4. The van der Waals surface area contributed by atoms with Gasteiger partial charge in [-0.15, -0.1) is 0 Å². The fourth-order valence-electron chi connectivity index (χ4n) is 6.02. The van der Waals surface area contributed by atoms with Crippen LogP contribution in [0.15, 0.2) is 0 Å². The van der Waals surface area contributed by atoms with Gasteiger partial charge in [-0.05, 0) is 0 Å². The predicted octanol–water partition coefficient (Wildman–Crippen LogP) is -11.7. The van der Waals surface area contributed by atoms with Crippen molar-refractivity contribution in [3.05, 3.63) is 0 Å². The summed E-state index contributed by atoms with van der Waals surface area (Å²) >= 11 is 0. The summed E-state index contributed by atoms with van der Waals surface area (Å²) in [5.41, 5.74) is -8.44. The molecule has 3 unspecified atom stereocenters. The summed E-state index contributed by atoms with van der Waals surface area (Å²) in [6.07, 6.45) is -41.7. The molecule has 17 N–H and O–H groups in total. The lowest BCUT2D eigenvalue weighted by molar-refractivity contribution is -0.356. The standard InChI is InChI=1S/C24H42O21/c25-1-5(29)19(39)23(41,21-16(37)13(34)10(31)7(3-27)44-21)24(42,22-17(38)14(35)11(32)8(4-28)45-22)20(40)18-15(36)12(33)9(30)6(2-26)43-18/h5-19,21-22,25-39,41-42H,1-4H2/t5-,6-,7-,8-,9-,10-,11-,12+,13+,14+,15-,16-,17-,18?,19-,21?,22?,23-,24+/m1/s1. The molecule has 0 aromatic carbocycles. The fourth-order valence-corrected chi connectivity index (χ4v) is 6.02. The van der Waals surface area contributed by atoms with Gasteiger partial charge in [0, 0.05) is 0 Å². The third kappa shape index (κ3) is 6.15. The van der Waals surface area contributed by atoms with Gasteiger partial charge in [-0.2, -0.15) is 0 Å². The van der Waals surface area contributed by atoms with Crippen molar-refractivity contribution >= 4 is 5.78 Å². The van der Waals surface area contributed by atoms with Crippen molar-refractivity contribution in [2.45, 2.75) is 115 Å². The quantitative estimate of drug-likeness (QED) is 0.0972. The first-order valence-electron chi connectivity index (χ1n) is 13.8. The molecule has 19 atom stereocenters. The van der Waals surface area contributed by atoms with Gasteiger partial charge in [-0.1, -0.05) is 0 Å². The van der Waals surface area contributed by atoms with E-state index in [0.29, 0.717) is 0 Å². The smallest absolute Gasteiger partial charge is 0.201 e. The van der Waals surface area contributed by atoms with Crippen LogP contribution in [0.5, 0.6) is 0 Å². The molecule has 3 aliphatic rings. The molecule has 3 aliphatic heterocycles. The van der Waals surface area contributed by atoms with Crippen molar-refractivity contribution in [2.75, 3.05) is 26.4 Å². The zero-order valence-electron chi connectivity index (χ0n) is 23.4. The lowest BCUT2D eigenvalue weighted by Gasteiger charge is -2.58. The number of carbonyl (C=O) groups excluding carboxylic acids is 1. The second-order valence-electron chi connectivity index (χ2n) is 11.4. The van der Waals surface area contributed by atoms with Crippen molar-refractivity contribution in [1.29, 1.82) is 0 Å². The highest BCUT2D eigenvalue weighted by molar-refractivity contribution is 5.94. The first-order chi connectivity index (χ1) is 20.9. The van der Waals surface area contributed by atoms with Gasteiger partial charge in [0.1, 0.15) is 104 Å². The molecule has 3 rings (SSSR count). The Morgan fingerprint density at radius 1 is 0.556 bits per heavy atom. The van der Waals surface area contributed by atoms with E-state index in [1.54, 1.807) is 0 Å². The molecule has 264 valence electrons. The van der Waals surface area contributed by atoms with E-state index in [1.807, 2.05) is 0 Å². The van der Waals surface area contributed by atoms with Gasteiger partial charge < -0.3 is 101 Å². The SMILES string of the molecule is O=C(C1O[C@H](CO)[C@@H](O)[C@H](O)[C@H]1O)[C@](O)(C1O[C@H](CO)[C@@H](O)[C@H](O)[C@H]1O)[C@](O)(C1O[C@H](CO)[C@@H](O)[C@H](O)[C@H]1O)[C@H](O)[C@H](O)CO. The molecular formula is C24H42O21. The summed E-state index contributed by atoms with van der Waals surface area (Å²) in [6.45, 7) is -5.04. The van der Waals surface area contributed by atoms with Crippen LogP contribution in [0.3, 0.4) is 0 Å². The molecule has 0 amide bonds. The Morgan fingerprint density at radius 3 is 1.36 bits per heavy atom. The normalized spacial score (nSPS) is 46.9. The minimum atomic E-state index is -4.28. The Morgan fingerprint density at radius 2 is 0.933 bits per heavy atom. The number of aliphatic hydroxyl groups excluding tert-OH is 15. The largest absolute Gasteiger partial charge is 0.394 e. The van der Waals surface area contributed by atoms with Crippen LogP contribution in [0.2, 0.25) is 0 Å². The number of ether oxygens (including phenoxy) is 3. The van der Waals surface area contributed by atoms with Gasteiger partial charge in [0.15, 0.2) is 11.2 Å². The maximum absolute atomic E-state index is 14.4. The molecule has 3 fully saturated rings. The van der Waals surface area contributed by atoms with Crippen LogP contribution in [0.25, 0.3) is 0 Å². The van der Waals surface area contributed by atoms with Gasteiger partial charge >= 0.3 is 0 Å². The second kappa shape index (κ2) is 14.6. The highest BCUT2D eigenvalue weighted by Gasteiger charge is 2.75. The van der Waals surface area contributed by atoms with Crippen molar-refractivity contribution in [3.63, 3.8) is 0 Å². The van der Waals surface area contributed by atoms with Crippen molar-refractivity contribution < 1.29 is 106 Å². The molecule has 3 saturated heterocycles. The Hall–Kier alpha value is -1.13. The molecule has 0 aromatic rings. The predicted molar refractivity (Wildman–Crippen MR) is 135 cm³/mol. The van der Waals surface area contributed by atoms with E-state index in [9.17, 15) is 91.6 Å². The summed E-state index contributed by atoms with van der Waals surface area (Å²) in [6, 6.07) is 0. The van der Waals surface area contributed by atoms with E-state index in [4.69, 9.17) is 14.2 Å². The molecule has 0 aromatic heterocycles. The van der Waals surface area contributed by atoms with Crippen LogP contribution in [0, 0.1) is 0 Å². The first-order valence-corrected chi connectivity index (χ1v) is 13.8. The minimum absolute atomic E-state index is 1.14. The van der Waals surface area contributed by atoms with Crippen molar-refractivity contribution in [1.82, 2.24) is 0 Å². The van der Waals surface area contributed by atoms with E-state index in [2.05, 4.69) is 0 Å². The van der Waals surface area contributed by atoms with Gasteiger partial charge in [-0.25, -0.2) is 0 Å². The summed E-state index contributed by atoms with van der Waals surface area (Å²) in [4.78, 5) is 14.4. The number of Topliss-reactive ketones (excluding diaryl/α,β-unsaturated/α-hetero) is 1. The molecule has 0 bridgehead atoms. The maximum Gasteiger partial charge on any atom is 0.201 e. The topological polar surface area (TPSA) is 389 Å². The molecule has 0 radical (unpaired) electrons. The van der Waals surface area contributed by atoms with Crippen LogP contribution in [0.1, 0.15) is 0 Å². The summed E-state index contributed by atoms with van der Waals surface area (Å²) in [5, 5.41) is 180. The Bertz CT molecular complexity index is 985. The number of rotatable bonds is 11. The minimum Gasteiger partial charge on any atom is -0.394 e. The van der Waals surface area contributed by atoms with E-state index < -0.39 is 147 Å². The first kappa shape index (κ1) is 38.3. The highest BCUT2D eigenvalue weighted by Crippen LogP contribution is 2.46. The molecule has 0 saturated carbocycles. The molecule has 0 spiro atoms. The van der Waals surface area contributed by atoms with Gasteiger partial charge in [0.25, 0.3) is 0 Å². The average Bonchev–Trinajstić information content (AvgIpc) is 3.03. The third-order valence-corrected chi connectivity index (χ3v) is 8.77. The number of ketones is 1. The molecule has 21 nitrogen and oxygen atoms in total. The Kier molecular flexibility index (Phi) is 12.4. The van der Waals surface area contributed by atoms with Crippen LogP contribution in [-0.4, -0.2) is 234 Å². The van der Waals surface area contributed by atoms with E-state index in [-0.39, 0.29) is 0 Å². The number of hydrogen-bond acceptors (Lipinski definition) is 21. The third-order valence-electron chi connectivity index (χ3n) is 8.77. The summed E-state index contributed by atoms with van der Waals surface area (Å²) in [7, 11) is 0. The van der Waals surface area contributed by atoms with Crippen LogP contribution < -0.4 is 0 Å². The highest BCUT2D eigenvalue weighted by atomic mass is 16.6. The average molecular weight is 667 g/mol. The molecule has 3 heterocycles. The summed E-state index contributed by atoms with van der Waals surface area (Å²) in [5.74, 6) is -2.16. The lowest BCUT2D eigenvalue weighted by atomic mass is 9.62. The number of hydrogen-bond donors (Lipinski definition) is 17. The van der Waals surface area contributed by atoms with E-state index in [0.717, 1.165) is 0 Å². The molecule has 21 heteroatoms. The Labute approximate surface area is 253 Å². The fraction of sp³-hybridized carbons (Fsp3) is 0.958. The van der Waals surface area contributed by atoms with E-state index >= 15 is 0 Å². The second-order valence-corrected chi connectivity index (χ2v) is 11.4. The van der Waals surface area contributed by atoms with Crippen molar-refractivity contribution in [3.8, 4) is 0 Å². The molecule has 0 aliphatic carbocycles. The zero-order valence-corrected chi connectivity index (χ0v) is 23.4. The van der Waals surface area contributed by atoms with Crippen LogP contribution in [0.4, 0.5) is 0 Å². The van der Waals surface area contributed by atoms with Crippen LogP contribution in [-0.2, 0) is 19.0 Å². The molecule has 45 heavy (non-hydrogen) atoms. The molecular weight excluding hydrogens is 624 g/mol. The van der Waals surface area contributed by atoms with Crippen molar-refractivity contribution in [2.24, 2.45) is 0 Å². The number of carbonyl (C=O) groups is 1. The monoisotopic (exact) mass is 666 g/mol. The lowest BCUT2D eigenvalue weighted by Crippen LogP contribution is -2.85. The Balaban J connectivity index is 2.38. The van der Waals surface area contributed by atoms with Gasteiger partial charge in [0.05, 0.1) is 26.4 Å². The summed E-state index contributed by atoms with van der Waals surface area (Å²) < 4.78 is 15.7. The van der Waals surface area contributed by atoms with E-state index in [1.165, 1.54) is 0 Å².